The molecule has 0 bridgehead atoms. The first-order chi connectivity index (χ1) is 10.6. The minimum absolute atomic E-state index is 0.0923. The Kier molecular flexibility index (Phi) is 3.83. The van der Waals surface area contributed by atoms with Gasteiger partial charge in [0.25, 0.3) is 0 Å². The van der Waals surface area contributed by atoms with Gasteiger partial charge in [-0.15, -0.1) is 0 Å². The summed E-state index contributed by atoms with van der Waals surface area (Å²) in [5.74, 6) is -1.53. The molecule has 0 spiro atoms. The summed E-state index contributed by atoms with van der Waals surface area (Å²) in [6, 6.07) is 8.09. The molecule has 3 amide bonds. The monoisotopic (exact) mass is 302 g/mol. The average Bonchev–Trinajstić information content (AvgIpc) is 2.53. The lowest BCUT2D eigenvalue weighted by molar-refractivity contribution is -0.158. The first kappa shape index (κ1) is 14.6. The molecule has 2 unspecified atom stereocenters. The number of hydrogen-bond donors (Lipinski definition) is 1. The number of carbonyl (C=O) groups is 3. The lowest BCUT2D eigenvalue weighted by Gasteiger charge is -2.43. The van der Waals surface area contributed by atoms with Gasteiger partial charge in [0.1, 0.15) is 6.04 Å². The first-order valence-corrected chi connectivity index (χ1v) is 7.50. The summed E-state index contributed by atoms with van der Waals surface area (Å²) in [6.45, 7) is 0.550. The fourth-order valence-electron chi connectivity index (χ4n) is 3.17. The summed E-state index contributed by atoms with van der Waals surface area (Å²) in [5.41, 5.74) is 1.02. The van der Waals surface area contributed by atoms with E-state index in [0.717, 1.165) is 29.7 Å². The summed E-state index contributed by atoms with van der Waals surface area (Å²) >= 11 is 0. The van der Waals surface area contributed by atoms with E-state index in [9.17, 15) is 14.4 Å². The number of carboxylic acid groups (broad SMARTS) is 1. The number of aliphatic carboxylic acids is 1. The highest BCUT2D eigenvalue weighted by Crippen LogP contribution is 2.33. The van der Waals surface area contributed by atoms with E-state index in [1.165, 1.54) is 0 Å². The van der Waals surface area contributed by atoms with Gasteiger partial charge in [-0.05, 0) is 24.8 Å². The van der Waals surface area contributed by atoms with E-state index in [2.05, 4.69) is 0 Å². The molecule has 0 aliphatic carbocycles. The molecule has 2 heterocycles. The summed E-state index contributed by atoms with van der Waals surface area (Å²) in [4.78, 5) is 38.0. The zero-order valence-electron chi connectivity index (χ0n) is 12.1. The van der Waals surface area contributed by atoms with Crippen LogP contribution in [0.5, 0.6) is 0 Å². The second-order valence-corrected chi connectivity index (χ2v) is 5.72. The van der Waals surface area contributed by atoms with E-state index in [1.807, 2.05) is 30.3 Å². The summed E-state index contributed by atoms with van der Waals surface area (Å²) < 4.78 is 0. The number of likely N-dealkylation sites (tertiary alicyclic amines) is 2. The molecule has 1 aromatic carbocycles. The lowest BCUT2D eigenvalue weighted by atomic mass is 9.95. The van der Waals surface area contributed by atoms with Crippen molar-refractivity contribution in [2.45, 2.75) is 37.8 Å². The van der Waals surface area contributed by atoms with Crippen LogP contribution in [0.1, 0.15) is 37.3 Å². The molecule has 0 aromatic heterocycles. The Morgan fingerprint density at radius 1 is 1.14 bits per heavy atom. The zero-order valence-corrected chi connectivity index (χ0v) is 12.1. The van der Waals surface area contributed by atoms with Crippen molar-refractivity contribution in [3.63, 3.8) is 0 Å². The third-order valence-electron chi connectivity index (χ3n) is 4.37. The smallest absolute Gasteiger partial charge is 0.328 e. The average molecular weight is 302 g/mol. The number of nitrogens with zero attached hydrogens (tertiary/aromatic N) is 2. The van der Waals surface area contributed by atoms with E-state index >= 15 is 0 Å². The Morgan fingerprint density at radius 2 is 1.86 bits per heavy atom. The molecule has 0 radical (unpaired) electrons. The third-order valence-corrected chi connectivity index (χ3v) is 4.37. The van der Waals surface area contributed by atoms with Crippen LogP contribution in [0.15, 0.2) is 30.3 Å². The second kappa shape index (κ2) is 5.79. The molecule has 2 aliphatic heterocycles. The SMILES string of the molecule is O=C(O)C1CC(=O)N1C(=O)N1CCCCC1c1ccccc1. The molecule has 2 atom stereocenters. The van der Waals surface area contributed by atoms with E-state index < -0.39 is 23.9 Å². The van der Waals surface area contributed by atoms with Crippen LogP contribution in [0.4, 0.5) is 4.79 Å². The minimum Gasteiger partial charge on any atom is -0.480 e. The molecule has 6 nitrogen and oxygen atoms in total. The van der Waals surface area contributed by atoms with Crippen molar-refractivity contribution in [3.8, 4) is 0 Å². The van der Waals surface area contributed by atoms with Crippen LogP contribution in [0.25, 0.3) is 0 Å². The largest absolute Gasteiger partial charge is 0.480 e. The number of rotatable bonds is 2. The number of amides is 3. The molecule has 6 heteroatoms. The standard InChI is InChI=1S/C16H18N2O4/c19-14-10-13(15(20)21)18(14)16(22)17-9-5-4-8-12(17)11-6-2-1-3-7-11/h1-3,6-7,12-13H,4-5,8-10H2,(H,20,21). The molecule has 2 saturated heterocycles. The van der Waals surface area contributed by atoms with Crippen LogP contribution in [-0.4, -0.2) is 45.4 Å². The van der Waals surface area contributed by atoms with E-state index in [1.54, 1.807) is 4.90 Å². The highest BCUT2D eigenvalue weighted by molar-refractivity contribution is 6.06. The van der Waals surface area contributed by atoms with Crippen molar-refractivity contribution in [2.75, 3.05) is 6.54 Å². The maximum Gasteiger partial charge on any atom is 0.328 e. The van der Waals surface area contributed by atoms with E-state index in [4.69, 9.17) is 5.11 Å². The normalized spacial score (nSPS) is 24.8. The Labute approximate surface area is 128 Å². The van der Waals surface area contributed by atoms with Crippen LogP contribution in [0.3, 0.4) is 0 Å². The Hall–Kier alpha value is -2.37. The van der Waals surface area contributed by atoms with Gasteiger partial charge in [-0.3, -0.25) is 4.79 Å². The number of carboxylic acids is 1. The quantitative estimate of drug-likeness (QED) is 0.848. The molecule has 1 aromatic rings. The van der Waals surface area contributed by atoms with Crippen molar-refractivity contribution >= 4 is 17.9 Å². The first-order valence-electron chi connectivity index (χ1n) is 7.50. The molecule has 116 valence electrons. The van der Waals surface area contributed by atoms with Crippen molar-refractivity contribution in [1.82, 2.24) is 9.80 Å². The Bertz CT molecular complexity index is 601. The van der Waals surface area contributed by atoms with Gasteiger partial charge in [0, 0.05) is 6.54 Å². The number of piperidine rings is 1. The maximum atomic E-state index is 12.7. The van der Waals surface area contributed by atoms with Crippen LogP contribution >= 0.6 is 0 Å². The highest BCUT2D eigenvalue weighted by atomic mass is 16.4. The Balaban J connectivity index is 1.83. The number of carbonyl (C=O) groups excluding carboxylic acids is 2. The topological polar surface area (TPSA) is 77.9 Å². The predicted molar refractivity (Wildman–Crippen MR) is 78.0 cm³/mol. The molecule has 3 rings (SSSR count). The number of urea groups is 1. The lowest BCUT2D eigenvalue weighted by Crippen LogP contribution is -2.63. The summed E-state index contributed by atoms with van der Waals surface area (Å²) in [7, 11) is 0. The maximum absolute atomic E-state index is 12.7. The number of β-lactam (4-membered cyclic amide) rings is 1. The zero-order chi connectivity index (χ0) is 15.7. The molecule has 2 aliphatic rings. The van der Waals surface area contributed by atoms with Gasteiger partial charge in [-0.25, -0.2) is 14.5 Å². The van der Waals surface area contributed by atoms with E-state index in [0.29, 0.717) is 6.54 Å². The number of hydrogen-bond acceptors (Lipinski definition) is 3. The molecule has 0 saturated carbocycles. The van der Waals surface area contributed by atoms with Crippen molar-refractivity contribution in [2.24, 2.45) is 0 Å². The molecular weight excluding hydrogens is 284 g/mol. The summed E-state index contributed by atoms with van der Waals surface area (Å²) in [5, 5.41) is 9.09. The fraction of sp³-hybridized carbons (Fsp3) is 0.438. The van der Waals surface area contributed by atoms with Gasteiger partial charge in [0.2, 0.25) is 5.91 Å². The van der Waals surface area contributed by atoms with Gasteiger partial charge >= 0.3 is 12.0 Å². The summed E-state index contributed by atoms with van der Waals surface area (Å²) in [6.07, 6.45) is 2.62. The van der Waals surface area contributed by atoms with E-state index in [-0.39, 0.29) is 12.5 Å². The van der Waals surface area contributed by atoms with Gasteiger partial charge in [0.05, 0.1) is 12.5 Å². The number of benzene rings is 1. The molecule has 1 N–H and O–H groups in total. The predicted octanol–water partition coefficient (Wildman–Crippen LogP) is 2.02. The van der Waals surface area contributed by atoms with Crippen molar-refractivity contribution < 1.29 is 19.5 Å². The van der Waals surface area contributed by atoms with Gasteiger partial charge in [-0.2, -0.15) is 0 Å². The number of imide groups is 1. The minimum atomic E-state index is -1.12. The molecule has 22 heavy (non-hydrogen) atoms. The third kappa shape index (κ3) is 2.45. The van der Waals surface area contributed by atoms with Crippen molar-refractivity contribution in [3.05, 3.63) is 35.9 Å². The van der Waals surface area contributed by atoms with Crippen molar-refractivity contribution in [1.29, 1.82) is 0 Å². The second-order valence-electron chi connectivity index (χ2n) is 5.72. The van der Waals surface area contributed by atoms with Gasteiger partial charge in [0.15, 0.2) is 0 Å². The molecule has 2 fully saturated rings. The van der Waals surface area contributed by atoms with Crippen LogP contribution < -0.4 is 0 Å². The van der Waals surface area contributed by atoms with Crippen LogP contribution in [-0.2, 0) is 9.59 Å². The molecular formula is C16H18N2O4. The van der Waals surface area contributed by atoms with Gasteiger partial charge in [-0.1, -0.05) is 30.3 Å². The highest BCUT2D eigenvalue weighted by Gasteiger charge is 2.48. The van der Waals surface area contributed by atoms with Crippen LogP contribution in [0.2, 0.25) is 0 Å². The fourth-order valence-corrected chi connectivity index (χ4v) is 3.17. The van der Waals surface area contributed by atoms with Crippen LogP contribution in [0, 0.1) is 0 Å². The Morgan fingerprint density at radius 3 is 2.50 bits per heavy atom. The van der Waals surface area contributed by atoms with Gasteiger partial charge < -0.3 is 10.0 Å².